The summed E-state index contributed by atoms with van der Waals surface area (Å²) in [5.74, 6) is 1.73. The second-order valence-electron chi connectivity index (χ2n) is 7.19. The molecule has 152 valence electrons. The highest BCUT2D eigenvalue weighted by molar-refractivity contribution is 7.99. The minimum atomic E-state index is -0.0650. The number of carbonyl (C=O) groups excluding carboxylic acids is 1. The molecule has 0 atom stereocenters. The Bertz CT molecular complexity index is 973. The summed E-state index contributed by atoms with van der Waals surface area (Å²) in [5.41, 5.74) is 2.94. The fourth-order valence-electron chi connectivity index (χ4n) is 3.53. The van der Waals surface area contributed by atoms with Crippen LogP contribution in [0.5, 0.6) is 0 Å². The maximum atomic E-state index is 12.4. The summed E-state index contributed by atoms with van der Waals surface area (Å²) in [4.78, 5) is 14.8. The number of piperidine rings is 1. The van der Waals surface area contributed by atoms with E-state index in [0.717, 1.165) is 35.9 Å². The number of hydrogen-bond donors (Lipinski definition) is 1. The number of nitrogens with zero attached hydrogens (tertiary/aromatic N) is 4. The van der Waals surface area contributed by atoms with Crippen molar-refractivity contribution < 1.29 is 9.21 Å². The lowest BCUT2D eigenvalue weighted by molar-refractivity contribution is -0.113. The third-order valence-corrected chi connectivity index (χ3v) is 6.16. The fourth-order valence-corrected chi connectivity index (χ4v) is 4.24. The topological polar surface area (TPSA) is 76.2 Å². The molecule has 1 aliphatic heterocycles. The molecule has 1 aliphatic rings. The van der Waals surface area contributed by atoms with E-state index in [0.29, 0.717) is 5.16 Å². The molecule has 7 nitrogen and oxygen atoms in total. The second-order valence-corrected chi connectivity index (χ2v) is 8.13. The molecule has 2 aromatic heterocycles. The van der Waals surface area contributed by atoms with Crippen LogP contribution in [0, 0.1) is 6.92 Å². The monoisotopic (exact) mass is 411 g/mol. The van der Waals surface area contributed by atoms with Gasteiger partial charge in [-0.15, -0.1) is 10.2 Å². The van der Waals surface area contributed by atoms with Crippen molar-refractivity contribution in [3.8, 4) is 11.4 Å². The van der Waals surface area contributed by atoms with Crippen LogP contribution in [0.2, 0.25) is 0 Å². The molecule has 4 rings (SSSR count). The van der Waals surface area contributed by atoms with Gasteiger partial charge in [-0.05, 0) is 56.5 Å². The van der Waals surface area contributed by atoms with Gasteiger partial charge in [-0.25, -0.2) is 0 Å². The summed E-state index contributed by atoms with van der Waals surface area (Å²) in [7, 11) is 1.89. The zero-order valence-corrected chi connectivity index (χ0v) is 17.5. The molecule has 0 aliphatic carbocycles. The molecular formula is C21H25N5O2S. The van der Waals surface area contributed by atoms with Gasteiger partial charge in [-0.3, -0.25) is 4.79 Å². The van der Waals surface area contributed by atoms with Crippen LogP contribution < -0.4 is 10.2 Å². The third-order valence-electron chi connectivity index (χ3n) is 5.14. The van der Waals surface area contributed by atoms with Gasteiger partial charge in [0, 0.05) is 31.5 Å². The highest BCUT2D eigenvalue weighted by atomic mass is 32.2. The Balaban J connectivity index is 1.32. The van der Waals surface area contributed by atoms with Crippen LogP contribution in [0.1, 0.15) is 25.0 Å². The molecule has 0 radical (unpaired) electrons. The number of nitrogens with one attached hydrogen (secondary N) is 1. The molecule has 8 heteroatoms. The number of rotatable bonds is 6. The van der Waals surface area contributed by atoms with E-state index in [4.69, 9.17) is 4.42 Å². The van der Waals surface area contributed by atoms with Gasteiger partial charge in [0.25, 0.3) is 0 Å². The van der Waals surface area contributed by atoms with E-state index in [-0.39, 0.29) is 11.7 Å². The van der Waals surface area contributed by atoms with Crippen molar-refractivity contribution in [3.05, 3.63) is 42.4 Å². The molecule has 1 saturated heterocycles. The Morgan fingerprint density at radius 3 is 2.59 bits per heavy atom. The first-order valence-corrected chi connectivity index (χ1v) is 10.8. The predicted octanol–water partition coefficient (Wildman–Crippen LogP) is 4.10. The van der Waals surface area contributed by atoms with Gasteiger partial charge in [0.05, 0.1) is 17.6 Å². The van der Waals surface area contributed by atoms with E-state index in [1.807, 2.05) is 36.7 Å². The van der Waals surface area contributed by atoms with Crippen molar-refractivity contribution in [1.29, 1.82) is 0 Å². The number of furan rings is 1. The molecule has 0 saturated carbocycles. The molecule has 29 heavy (non-hydrogen) atoms. The van der Waals surface area contributed by atoms with Gasteiger partial charge < -0.3 is 19.2 Å². The summed E-state index contributed by atoms with van der Waals surface area (Å²) in [6.07, 6.45) is 5.45. The summed E-state index contributed by atoms with van der Waals surface area (Å²) in [6.45, 7) is 4.11. The quantitative estimate of drug-likeness (QED) is 0.616. The van der Waals surface area contributed by atoms with Crippen molar-refractivity contribution in [2.45, 2.75) is 31.3 Å². The van der Waals surface area contributed by atoms with Gasteiger partial charge in [-0.1, -0.05) is 11.8 Å². The first kappa shape index (κ1) is 19.6. The Morgan fingerprint density at radius 1 is 1.14 bits per heavy atom. The van der Waals surface area contributed by atoms with Gasteiger partial charge in [0.1, 0.15) is 5.76 Å². The number of thioether (sulfide) groups is 1. The van der Waals surface area contributed by atoms with Gasteiger partial charge in [0.15, 0.2) is 11.0 Å². The Hall–Kier alpha value is -2.74. The van der Waals surface area contributed by atoms with Crippen molar-refractivity contribution >= 4 is 29.0 Å². The number of amides is 1. The molecule has 3 heterocycles. The lowest BCUT2D eigenvalue weighted by atomic mass is 10.1. The Labute approximate surface area is 174 Å². The maximum Gasteiger partial charge on any atom is 0.234 e. The summed E-state index contributed by atoms with van der Waals surface area (Å²) in [6, 6.07) is 9.96. The number of hydrogen-bond acceptors (Lipinski definition) is 6. The van der Waals surface area contributed by atoms with Crippen LogP contribution in [-0.4, -0.2) is 39.5 Å². The van der Waals surface area contributed by atoms with Gasteiger partial charge >= 0.3 is 0 Å². The molecular weight excluding hydrogens is 386 g/mol. The Kier molecular flexibility index (Phi) is 5.89. The fraction of sp³-hybridized carbons (Fsp3) is 0.381. The zero-order valence-electron chi connectivity index (χ0n) is 16.7. The van der Waals surface area contributed by atoms with Crippen molar-refractivity contribution in [3.63, 3.8) is 0 Å². The molecule has 1 amide bonds. The summed E-state index contributed by atoms with van der Waals surface area (Å²) in [5, 5.41) is 12.1. The average Bonchev–Trinajstić information content (AvgIpc) is 3.32. The van der Waals surface area contributed by atoms with E-state index in [1.54, 1.807) is 6.26 Å². The SMILES string of the molecule is Cc1occc1-c1nnc(SCC(=O)Nc2ccc(N3CCCCC3)cc2)n1C. The van der Waals surface area contributed by atoms with Gasteiger partial charge in [0.2, 0.25) is 5.91 Å². The molecule has 3 aromatic rings. The predicted molar refractivity (Wildman–Crippen MR) is 115 cm³/mol. The maximum absolute atomic E-state index is 12.4. The molecule has 1 N–H and O–H groups in total. The first-order chi connectivity index (χ1) is 14.1. The van der Waals surface area contributed by atoms with Crippen LogP contribution in [0.25, 0.3) is 11.4 Å². The lowest BCUT2D eigenvalue weighted by Gasteiger charge is -2.28. The van der Waals surface area contributed by atoms with E-state index in [9.17, 15) is 4.79 Å². The van der Waals surface area contributed by atoms with Crippen LogP contribution in [-0.2, 0) is 11.8 Å². The second kappa shape index (κ2) is 8.73. The number of anilines is 2. The number of aromatic nitrogens is 3. The molecule has 1 fully saturated rings. The van der Waals surface area contributed by atoms with Crippen molar-refractivity contribution in [1.82, 2.24) is 14.8 Å². The summed E-state index contributed by atoms with van der Waals surface area (Å²) >= 11 is 1.36. The summed E-state index contributed by atoms with van der Waals surface area (Å²) < 4.78 is 7.22. The van der Waals surface area contributed by atoms with Crippen LogP contribution >= 0.6 is 11.8 Å². The molecule has 0 bridgehead atoms. The van der Waals surface area contributed by atoms with Crippen LogP contribution in [0.4, 0.5) is 11.4 Å². The number of carbonyl (C=O) groups is 1. The normalized spacial score (nSPS) is 14.2. The van der Waals surface area contributed by atoms with E-state index in [1.165, 1.54) is 36.7 Å². The lowest BCUT2D eigenvalue weighted by Crippen LogP contribution is -2.29. The third kappa shape index (κ3) is 4.48. The zero-order chi connectivity index (χ0) is 20.2. The van der Waals surface area contributed by atoms with E-state index >= 15 is 0 Å². The highest BCUT2D eigenvalue weighted by Crippen LogP contribution is 2.26. The first-order valence-electron chi connectivity index (χ1n) is 9.83. The van der Waals surface area contributed by atoms with Crippen molar-refractivity contribution in [2.24, 2.45) is 7.05 Å². The van der Waals surface area contributed by atoms with Crippen LogP contribution in [0.15, 0.2) is 46.2 Å². The van der Waals surface area contributed by atoms with E-state index < -0.39 is 0 Å². The standard InChI is InChI=1S/C21H25N5O2S/c1-15-18(10-13-28-15)20-23-24-21(25(20)2)29-14-19(27)22-16-6-8-17(9-7-16)26-11-4-3-5-12-26/h6-10,13H,3-5,11-12,14H2,1-2H3,(H,22,27). The van der Waals surface area contributed by atoms with Crippen LogP contribution in [0.3, 0.4) is 0 Å². The minimum Gasteiger partial charge on any atom is -0.469 e. The Morgan fingerprint density at radius 2 is 1.90 bits per heavy atom. The number of benzene rings is 1. The molecule has 0 spiro atoms. The van der Waals surface area contributed by atoms with E-state index in [2.05, 4.69) is 32.5 Å². The van der Waals surface area contributed by atoms with Gasteiger partial charge in [-0.2, -0.15) is 0 Å². The van der Waals surface area contributed by atoms with Crippen molar-refractivity contribution in [2.75, 3.05) is 29.1 Å². The largest absolute Gasteiger partial charge is 0.469 e. The molecule has 0 unspecified atom stereocenters. The highest BCUT2D eigenvalue weighted by Gasteiger charge is 2.16. The minimum absolute atomic E-state index is 0.0650. The number of aryl methyl sites for hydroxylation is 1. The smallest absolute Gasteiger partial charge is 0.234 e. The average molecular weight is 412 g/mol. The molecule has 1 aromatic carbocycles.